The fourth-order valence-electron chi connectivity index (χ4n) is 1.95. The number of aliphatic hydroxyl groups excluding tert-OH is 2. The van der Waals surface area contributed by atoms with Crippen molar-refractivity contribution >= 4 is 0 Å². The van der Waals surface area contributed by atoms with Crippen LogP contribution in [0.25, 0.3) is 0 Å². The number of unbranched alkanes of at least 4 members (excludes halogenated alkanes) is 3. The van der Waals surface area contributed by atoms with Crippen LogP contribution < -0.4 is 0 Å². The molecule has 0 amide bonds. The van der Waals surface area contributed by atoms with E-state index in [1.54, 1.807) is 0 Å². The van der Waals surface area contributed by atoms with E-state index in [2.05, 4.69) is 11.8 Å². The van der Waals surface area contributed by atoms with E-state index in [0.29, 0.717) is 6.54 Å². The Morgan fingerprint density at radius 1 is 1.14 bits per heavy atom. The largest absolute Gasteiger partial charge is 0.390 e. The normalized spacial score (nSPS) is 29.4. The minimum Gasteiger partial charge on any atom is -0.390 e. The van der Waals surface area contributed by atoms with Gasteiger partial charge in [-0.3, -0.25) is 0 Å². The maximum absolute atomic E-state index is 9.46. The second-order valence-corrected chi connectivity index (χ2v) is 4.28. The van der Waals surface area contributed by atoms with Gasteiger partial charge in [0.05, 0.1) is 12.2 Å². The molecule has 1 rings (SSSR count). The summed E-state index contributed by atoms with van der Waals surface area (Å²) in [7, 11) is 0. The van der Waals surface area contributed by atoms with E-state index in [-0.39, 0.29) is 0 Å². The quantitative estimate of drug-likeness (QED) is 0.652. The molecule has 2 unspecified atom stereocenters. The van der Waals surface area contributed by atoms with Crippen LogP contribution >= 0.6 is 0 Å². The summed E-state index contributed by atoms with van der Waals surface area (Å²) in [6.45, 7) is 4.86. The zero-order chi connectivity index (χ0) is 10.4. The van der Waals surface area contributed by atoms with Crippen LogP contribution in [0.5, 0.6) is 0 Å². The van der Waals surface area contributed by atoms with Gasteiger partial charge in [0, 0.05) is 13.1 Å². The summed E-state index contributed by atoms with van der Waals surface area (Å²) in [5.74, 6) is 0. The second-order valence-electron chi connectivity index (χ2n) is 4.28. The van der Waals surface area contributed by atoms with Crippen molar-refractivity contribution in [2.75, 3.05) is 19.6 Å². The summed E-state index contributed by atoms with van der Waals surface area (Å²) < 4.78 is 0. The summed E-state index contributed by atoms with van der Waals surface area (Å²) in [5, 5.41) is 18.8. The van der Waals surface area contributed by atoms with Crippen LogP contribution in [0.3, 0.4) is 0 Å². The van der Waals surface area contributed by atoms with E-state index in [1.165, 1.54) is 25.7 Å². The van der Waals surface area contributed by atoms with Crippen molar-refractivity contribution in [2.45, 2.75) is 51.2 Å². The molecule has 2 atom stereocenters. The number of nitrogens with zero attached hydrogens (tertiary/aromatic N) is 1. The number of rotatable bonds is 5. The van der Waals surface area contributed by atoms with Gasteiger partial charge in [-0.15, -0.1) is 0 Å². The van der Waals surface area contributed by atoms with Crippen LogP contribution in [0.15, 0.2) is 0 Å². The van der Waals surface area contributed by atoms with Gasteiger partial charge in [0.15, 0.2) is 0 Å². The van der Waals surface area contributed by atoms with Gasteiger partial charge in [0.2, 0.25) is 0 Å². The average molecular weight is 201 g/mol. The highest BCUT2D eigenvalue weighted by Crippen LogP contribution is 2.12. The summed E-state index contributed by atoms with van der Waals surface area (Å²) in [6, 6.07) is 0. The number of likely N-dealkylation sites (tertiary alicyclic amines) is 1. The molecule has 84 valence electrons. The van der Waals surface area contributed by atoms with Crippen LogP contribution in [0, 0.1) is 0 Å². The van der Waals surface area contributed by atoms with E-state index >= 15 is 0 Å². The molecule has 2 N–H and O–H groups in total. The van der Waals surface area contributed by atoms with Crippen molar-refractivity contribution in [3.05, 3.63) is 0 Å². The standard InChI is InChI=1S/C11H23NO2/c1-2-3-4-5-7-12-8-6-10(13)11(14)9-12/h10-11,13-14H,2-9H2,1H3. The Kier molecular flexibility index (Phi) is 5.45. The summed E-state index contributed by atoms with van der Waals surface area (Å²) >= 11 is 0. The topological polar surface area (TPSA) is 43.7 Å². The Labute approximate surface area is 86.7 Å². The lowest BCUT2D eigenvalue weighted by atomic mass is 10.0. The fraction of sp³-hybridized carbons (Fsp3) is 1.00. The molecule has 1 aliphatic heterocycles. The molecule has 0 radical (unpaired) electrons. The van der Waals surface area contributed by atoms with Crippen LogP contribution in [0.4, 0.5) is 0 Å². The number of piperidine rings is 1. The van der Waals surface area contributed by atoms with Crippen molar-refractivity contribution in [3.63, 3.8) is 0 Å². The van der Waals surface area contributed by atoms with Crippen LogP contribution in [0.2, 0.25) is 0 Å². The molecule has 1 saturated heterocycles. The van der Waals surface area contributed by atoms with Crippen LogP contribution in [0.1, 0.15) is 39.0 Å². The second kappa shape index (κ2) is 6.38. The Bertz CT molecular complexity index is 152. The highest BCUT2D eigenvalue weighted by molar-refractivity contribution is 4.78. The van der Waals surface area contributed by atoms with Gasteiger partial charge in [-0.25, -0.2) is 0 Å². The number of β-amino-alcohol motifs (C(OH)–C–C–N with tert-alkyl or cyclic N) is 1. The fourth-order valence-corrected chi connectivity index (χ4v) is 1.95. The van der Waals surface area contributed by atoms with Gasteiger partial charge in [0.25, 0.3) is 0 Å². The third-order valence-electron chi connectivity index (χ3n) is 2.96. The highest BCUT2D eigenvalue weighted by atomic mass is 16.3. The Hall–Kier alpha value is -0.120. The van der Waals surface area contributed by atoms with Gasteiger partial charge in [0.1, 0.15) is 0 Å². The zero-order valence-corrected chi connectivity index (χ0v) is 9.15. The minimum atomic E-state index is -0.532. The number of hydrogen-bond acceptors (Lipinski definition) is 3. The van der Waals surface area contributed by atoms with Crippen LogP contribution in [-0.4, -0.2) is 47.0 Å². The molecule has 0 aromatic rings. The molecule has 0 bridgehead atoms. The van der Waals surface area contributed by atoms with E-state index in [4.69, 9.17) is 0 Å². The minimum absolute atomic E-state index is 0.498. The predicted molar refractivity (Wildman–Crippen MR) is 57.2 cm³/mol. The molecule has 1 fully saturated rings. The average Bonchev–Trinajstić information content (AvgIpc) is 2.18. The van der Waals surface area contributed by atoms with Crippen molar-refractivity contribution in [3.8, 4) is 0 Å². The van der Waals surface area contributed by atoms with E-state index in [1.807, 2.05) is 0 Å². The van der Waals surface area contributed by atoms with Gasteiger partial charge >= 0.3 is 0 Å². The molecule has 1 heterocycles. The lowest BCUT2D eigenvalue weighted by Gasteiger charge is -2.33. The first-order valence-corrected chi connectivity index (χ1v) is 5.82. The van der Waals surface area contributed by atoms with Gasteiger partial charge in [-0.1, -0.05) is 26.2 Å². The summed E-state index contributed by atoms with van der Waals surface area (Å²) in [4.78, 5) is 2.26. The summed E-state index contributed by atoms with van der Waals surface area (Å²) in [5.41, 5.74) is 0. The molecular formula is C11H23NO2. The number of aliphatic hydroxyl groups is 2. The third kappa shape index (κ3) is 3.95. The van der Waals surface area contributed by atoms with E-state index < -0.39 is 12.2 Å². The Morgan fingerprint density at radius 3 is 2.57 bits per heavy atom. The molecule has 0 aromatic heterocycles. The van der Waals surface area contributed by atoms with Crippen molar-refractivity contribution in [2.24, 2.45) is 0 Å². The first-order chi connectivity index (χ1) is 6.74. The Balaban J connectivity index is 2.07. The van der Waals surface area contributed by atoms with Gasteiger partial charge in [-0.05, 0) is 19.4 Å². The SMILES string of the molecule is CCCCCCN1CCC(O)C(O)C1. The summed E-state index contributed by atoms with van der Waals surface area (Å²) in [6.07, 6.45) is 4.76. The highest BCUT2D eigenvalue weighted by Gasteiger charge is 2.24. The first-order valence-electron chi connectivity index (χ1n) is 5.82. The molecule has 14 heavy (non-hydrogen) atoms. The monoisotopic (exact) mass is 201 g/mol. The molecule has 3 nitrogen and oxygen atoms in total. The maximum Gasteiger partial charge on any atom is 0.0926 e. The van der Waals surface area contributed by atoms with E-state index in [9.17, 15) is 10.2 Å². The molecule has 0 saturated carbocycles. The molecule has 0 aromatic carbocycles. The van der Waals surface area contributed by atoms with Crippen molar-refractivity contribution < 1.29 is 10.2 Å². The van der Waals surface area contributed by atoms with E-state index in [0.717, 1.165) is 19.5 Å². The molecular weight excluding hydrogens is 178 g/mol. The number of hydrogen-bond donors (Lipinski definition) is 2. The van der Waals surface area contributed by atoms with Gasteiger partial charge < -0.3 is 15.1 Å². The Morgan fingerprint density at radius 2 is 1.93 bits per heavy atom. The third-order valence-corrected chi connectivity index (χ3v) is 2.96. The molecule has 0 aliphatic carbocycles. The first kappa shape index (κ1) is 12.0. The van der Waals surface area contributed by atoms with Crippen LogP contribution in [-0.2, 0) is 0 Å². The lowest BCUT2D eigenvalue weighted by Crippen LogP contribution is -2.46. The zero-order valence-electron chi connectivity index (χ0n) is 9.15. The molecule has 1 aliphatic rings. The van der Waals surface area contributed by atoms with Crippen molar-refractivity contribution in [1.29, 1.82) is 0 Å². The van der Waals surface area contributed by atoms with Gasteiger partial charge in [-0.2, -0.15) is 0 Å². The van der Waals surface area contributed by atoms with Crippen molar-refractivity contribution in [1.82, 2.24) is 4.90 Å². The maximum atomic E-state index is 9.46. The lowest BCUT2D eigenvalue weighted by molar-refractivity contribution is -0.0385. The smallest absolute Gasteiger partial charge is 0.0926 e. The molecule has 3 heteroatoms. The predicted octanol–water partition coefficient (Wildman–Crippen LogP) is 0.994. The molecule has 0 spiro atoms.